The zero-order chi connectivity index (χ0) is 29.1. The van der Waals surface area contributed by atoms with Gasteiger partial charge in [0, 0.05) is 47.4 Å². The molecule has 0 aliphatic heterocycles. The van der Waals surface area contributed by atoms with E-state index in [0.29, 0.717) is 47.4 Å². The first-order chi connectivity index (χ1) is 18.3. The molecular formula is C30H44Cl2N4O3. The first kappa shape index (κ1) is 32.7. The second-order valence-electron chi connectivity index (χ2n) is 11.3. The number of carbonyl (C=O) groups is 2. The molecule has 2 amide bonds. The number of hydrogen-bond donors (Lipinski definition) is 4. The first-order valence-electron chi connectivity index (χ1n) is 13.6. The lowest BCUT2D eigenvalue weighted by atomic mass is 9.95. The molecule has 0 bridgehead atoms. The molecule has 0 aliphatic rings. The summed E-state index contributed by atoms with van der Waals surface area (Å²) in [4.78, 5) is 24.5. The number of amides is 2. The van der Waals surface area contributed by atoms with Gasteiger partial charge in [0.05, 0.1) is 11.2 Å². The third kappa shape index (κ3) is 12.9. The number of hydrogen-bond acceptors (Lipinski definition) is 5. The highest BCUT2D eigenvalue weighted by Gasteiger charge is 2.28. The van der Waals surface area contributed by atoms with Crippen molar-refractivity contribution in [3.8, 4) is 0 Å². The Bertz CT molecular complexity index is 1020. The monoisotopic (exact) mass is 578 g/mol. The van der Waals surface area contributed by atoms with E-state index in [0.717, 1.165) is 49.7 Å². The van der Waals surface area contributed by atoms with Crippen molar-refractivity contribution in [1.29, 1.82) is 0 Å². The number of halogens is 2. The average Bonchev–Trinajstić information content (AvgIpc) is 2.83. The summed E-state index contributed by atoms with van der Waals surface area (Å²) in [5.41, 5.74) is 14.1. The number of nitrogens with one attached hydrogen (secondary N) is 2. The number of nitrogen functional groups attached to an aromatic ring is 2. The Labute approximate surface area is 243 Å². The van der Waals surface area contributed by atoms with E-state index in [-0.39, 0.29) is 23.0 Å². The smallest absolute Gasteiger partial charge is 0.220 e. The summed E-state index contributed by atoms with van der Waals surface area (Å²) in [6.07, 6.45) is 5.96. The molecule has 6 N–H and O–H groups in total. The maximum atomic E-state index is 12.2. The predicted octanol–water partition coefficient (Wildman–Crippen LogP) is 6.79. The third-order valence-electron chi connectivity index (χ3n) is 6.59. The minimum Gasteiger partial charge on any atom is -0.398 e. The van der Waals surface area contributed by atoms with Gasteiger partial charge in [-0.1, -0.05) is 48.2 Å². The Morgan fingerprint density at radius 3 is 1.46 bits per heavy atom. The number of rotatable bonds is 16. The Balaban J connectivity index is 1.60. The normalized spacial score (nSPS) is 11.8. The third-order valence-corrected chi connectivity index (χ3v) is 7.06. The summed E-state index contributed by atoms with van der Waals surface area (Å²) < 4.78 is 6.45. The van der Waals surface area contributed by atoms with Gasteiger partial charge in [-0.2, -0.15) is 0 Å². The van der Waals surface area contributed by atoms with Crippen LogP contribution in [0.15, 0.2) is 36.4 Å². The summed E-state index contributed by atoms with van der Waals surface area (Å²) in [5.74, 6) is 0.00755. The molecule has 0 atom stereocenters. The number of anilines is 2. The van der Waals surface area contributed by atoms with Gasteiger partial charge in [0.1, 0.15) is 0 Å². The Morgan fingerprint density at radius 1 is 0.718 bits per heavy atom. The van der Waals surface area contributed by atoms with Crippen LogP contribution in [0.3, 0.4) is 0 Å². The fourth-order valence-electron chi connectivity index (χ4n) is 4.54. The lowest BCUT2D eigenvalue weighted by molar-refractivity contribution is -0.132. The van der Waals surface area contributed by atoms with Crippen LogP contribution in [0.1, 0.15) is 90.2 Å². The molecule has 2 rings (SSSR count). The molecule has 0 aliphatic carbocycles. The van der Waals surface area contributed by atoms with E-state index in [9.17, 15) is 9.59 Å². The number of ether oxygens (including phenoxy) is 1. The van der Waals surface area contributed by atoms with Crippen LogP contribution >= 0.6 is 23.2 Å². The van der Waals surface area contributed by atoms with Crippen LogP contribution in [0, 0.1) is 0 Å². The van der Waals surface area contributed by atoms with E-state index in [1.807, 2.05) is 12.1 Å². The second-order valence-corrected chi connectivity index (χ2v) is 12.1. The molecule has 0 spiro atoms. The maximum Gasteiger partial charge on any atom is 0.220 e. The lowest BCUT2D eigenvalue weighted by Gasteiger charge is -2.36. The summed E-state index contributed by atoms with van der Waals surface area (Å²) in [5, 5.41) is 7.00. The van der Waals surface area contributed by atoms with Gasteiger partial charge < -0.3 is 26.8 Å². The number of carbonyl (C=O) groups excluding carboxylic acids is 2. The van der Waals surface area contributed by atoms with Gasteiger partial charge in [0.2, 0.25) is 11.8 Å². The van der Waals surface area contributed by atoms with Crippen molar-refractivity contribution in [3.63, 3.8) is 0 Å². The van der Waals surface area contributed by atoms with Crippen molar-refractivity contribution >= 4 is 46.4 Å². The molecule has 0 radical (unpaired) electrons. The molecule has 0 aromatic heterocycles. The van der Waals surface area contributed by atoms with E-state index in [2.05, 4.69) is 38.3 Å². The van der Waals surface area contributed by atoms with Crippen LogP contribution in [-0.4, -0.2) is 23.0 Å². The standard InChI is InChI=1S/C30H44Cl2N4O3/c1-29(2,15-7-5-9-27(37)35-19-21-11-13-23(31)17-25(21)33)39-30(3,4)16-8-6-10-28(38)36-20-22-12-14-24(32)18-26(22)34/h11-14,17-18H,5-10,15-16,19-20,33-34H2,1-4H3,(H,35,37)(H,36,38). The Kier molecular flexibility index (Phi) is 12.9. The number of unbranched alkanes of at least 4 members (excludes halogenated alkanes) is 2. The molecule has 0 saturated heterocycles. The largest absolute Gasteiger partial charge is 0.398 e. The van der Waals surface area contributed by atoms with E-state index < -0.39 is 0 Å². The molecule has 0 fully saturated rings. The highest BCUT2D eigenvalue weighted by molar-refractivity contribution is 6.31. The molecule has 0 heterocycles. The molecule has 216 valence electrons. The van der Waals surface area contributed by atoms with Gasteiger partial charge in [0.15, 0.2) is 0 Å². The zero-order valence-electron chi connectivity index (χ0n) is 23.7. The van der Waals surface area contributed by atoms with Crippen molar-refractivity contribution in [2.75, 3.05) is 11.5 Å². The summed E-state index contributed by atoms with van der Waals surface area (Å²) >= 11 is 11.8. The van der Waals surface area contributed by atoms with Crippen LogP contribution in [0.4, 0.5) is 11.4 Å². The van der Waals surface area contributed by atoms with Gasteiger partial charge in [-0.05, 0) is 88.8 Å². The number of benzene rings is 2. The van der Waals surface area contributed by atoms with Crippen molar-refractivity contribution in [2.24, 2.45) is 0 Å². The highest BCUT2D eigenvalue weighted by atomic mass is 35.5. The highest BCUT2D eigenvalue weighted by Crippen LogP contribution is 2.29. The molecule has 0 saturated carbocycles. The van der Waals surface area contributed by atoms with Gasteiger partial charge in [-0.3, -0.25) is 9.59 Å². The summed E-state index contributed by atoms with van der Waals surface area (Å²) in [6, 6.07) is 10.6. The van der Waals surface area contributed by atoms with Crippen molar-refractivity contribution in [2.45, 2.75) is 103 Å². The molecule has 9 heteroatoms. The lowest BCUT2D eigenvalue weighted by Crippen LogP contribution is -2.37. The Hall–Kier alpha value is -2.48. The topological polar surface area (TPSA) is 119 Å². The van der Waals surface area contributed by atoms with Gasteiger partial charge in [-0.25, -0.2) is 0 Å². The average molecular weight is 580 g/mol. The van der Waals surface area contributed by atoms with E-state index in [1.165, 1.54) is 0 Å². The fourth-order valence-corrected chi connectivity index (χ4v) is 4.90. The minimum absolute atomic E-state index is 0.00377. The van der Waals surface area contributed by atoms with E-state index >= 15 is 0 Å². The second kappa shape index (κ2) is 15.3. The van der Waals surface area contributed by atoms with Crippen molar-refractivity contribution in [3.05, 3.63) is 57.6 Å². The fraction of sp³-hybridized carbons (Fsp3) is 0.533. The van der Waals surface area contributed by atoms with Gasteiger partial charge >= 0.3 is 0 Å². The zero-order valence-corrected chi connectivity index (χ0v) is 25.2. The van der Waals surface area contributed by atoms with Crippen LogP contribution in [0.2, 0.25) is 10.0 Å². The molecular weight excluding hydrogens is 535 g/mol. The van der Waals surface area contributed by atoms with Crippen LogP contribution < -0.4 is 22.1 Å². The molecule has 0 unspecified atom stereocenters. The van der Waals surface area contributed by atoms with Gasteiger partial charge in [-0.15, -0.1) is 0 Å². The van der Waals surface area contributed by atoms with Crippen molar-refractivity contribution in [1.82, 2.24) is 10.6 Å². The predicted molar refractivity (Wildman–Crippen MR) is 162 cm³/mol. The molecule has 2 aromatic rings. The minimum atomic E-state index is -0.312. The van der Waals surface area contributed by atoms with Crippen LogP contribution in [0.5, 0.6) is 0 Å². The molecule has 7 nitrogen and oxygen atoms in total. The first-order valence-corrected chi connectivity index (χ1v) is 14.3. The Morgan fingerprint density at radius 2 is 1.10 bits per heavy atom. The summed E-state index contributed by atoms with van der Waals surface area (Å²) in [7, 11) is 0. The summed E-state index contributed by atoms with van der Waals surface area (Å²) in [6.45, 7) is 9.15. The van der Waals surface area contributed by atoms with Crippen LogP contribution in [0.25, 0.3) is 0 Å². The number of nitrogens with two attached hydrogens (primary N) is 2. The van der Waals surface area contributed by atoms with Crippen LogP contribution in [-0.2, 0) is 27.4 Å². The van der Waals surface area contributed by atoms with Gasteiger partial charge in [0.25, 0.3) is 0 Å². The SMILES string of the molecule is CC(C)(CCCCC(=O)NCc1ccc(Cl)cc1N)OC(C)(C)CCCCC(=O)NCc1ccc(Cl)cc1N. The quantitative estimate of drug-likeness (QED) is 0.129. The van der Waals surface area contributed by atoms with Crippen molar-refractivity contribution < 1.29 is 14.3 Å². The van der Waals surface area contributed by atoms with E-state index in [1.54, 1.807) is 24.3 Å². The van der Waals surface area contributed by atoms with E-state index in [4.69, 9.17) is 39.4 Å². The molecule has 2 aromatic carbocycles. The maximum absolute atomic E-state index is 12.2. The molecule has 39 heavy (non-hydrogen) atoms.